The van der Waals surface area contributed by atoms with Crippen LogP contribution in [0.3, 0.4) is 0 Å². The van der Waals surface area contributed by atoms with Gasteiger partial charge in [-0.3, -0.25) is 0 Å². The lowest BCUT2D eigenvalue weighted by atomic mass is 9.88. The van der Waals surface area contributed by atoms with Crippen molar-refractivity contribution < 1.29 is 0 Å². The van der Waals surface area contributed by atoms with Crippen molar-refractivity contribution in [2.45, 2.75) is 64.3 Å². The highest BCUT2D eigenvalue weighted by Crippen LogP contribution is 2.32. The Morgan fingerprint density at radius 2 is 2.18 bits per heavy atom. The summed E-state index contributed by atoms with van der Waals surface area (Å²) in [5.41, 5.74) is 7.40. The van der Waals surface area contributed by atoms with Crippen LogP contribution >= 0.6 is 0 Å². The number of nitrogens with two attached hydrogens (primary N) is 1. The highest BCUT2D eigenvalue weighted by Gasteiger charge is 2.30. The molecule has 0 aromatic rings. The molecule has 0 heterocycles. The van der Waals surface area contributed by atoms with E-state index in [4.69, 9.17) is 5.73 Å². The van der Waals surface area contributed by atoms with E-state index in [9.17, 15) is 0 Å². The molecule has 0 bridgehead atoms. The molecule has 0 radical (unpaired) electrons. The van der Waals surface area contributed by atoms with E-state index in [-0.39, 0.29) is 5.54 Å². The van der Waals surface area contributed by atoms with Gasteiger partial charge in [-0.05, 0) is 32.1 Å². The van der Waals surface area contributed by atoms with Gasteiger partial charge in [0.25, 0.3) is 0 Å². The summed E-state index contributed by atoms with van der Waals surface area (Å²) in [5, 5.41) is 3.66. The Labute approximate surface area is 107 Å². The summed E-state index contributed by atoms with van der Waals surface area (Å²) in [6.45, 7) is 10.0. The van der Waals surface area contributed by atoms with E-state index in [1.165, 1.54) is 50.5 Å². The highest BCUT2D eigenvalue weighted by atomic mass is 15.0. The first-order chi connectivity index (χ1) is 8.12. The Hall–Kier alpha value is -0.340. The largest absolute Gasteiger partial charge is 0.329 e. The van der Waals surface area contributed by atoms with Crippen LogP contribution in [0.2, 0.25) is 0 Å². The fraction of sp³-hybridized carbons (Fsp3) is 0.867. The SMILES string of the molecule is C=C(C)CNC1(CN)CCCC(CCC)CC1. The van der Waals surface area contributed by atoms with E-state index in [2.05, 4.69) is 25.7 Å². The zero-order chi connectivity index (χ0) is 12.7. The van der Waals surface area contributed by atoms with Crippen LogP contribution in [0, 0.1) is 5.92 Å². The fourth-order valence-electron chi connectivity index (χ4n) is 2.97. The third kappa shape index (κ3) is 4.81. The van der Waals surface area contributed by atoms with E-state index >= 15 is 0 Å². The van der Waals surface area contributed by atoms with Gasteiger partial charge in [-0.1, -0.05) is 44.8 Å². The summed E-state index contributed by atoms with van der Waals surface area (Å²) in [6, 6.07) is 0. The molecular weight excluding hydrogens is 208 g/mol. The van der Waals surface area contributed by atoms with Gasteiger partial charge >= 0.3 is 0 Å². The average molecular weight is 238 g/mol. The first-order valence-corrected chi connectivity index (χ1v) is 7.21. The first-order valence-electron chi connectivity index (χ1n) is 7.21. The minimum Gasteiger partial charge on any atom is -0.329 e. The van der Waals surface area contributed by atoms with Gasteiger partial charge in [0.2, 0.25) is 0 Å². The molecule has 1 saturated carbocycles. The maximum absolute atomic E-state index is 6.02. The minimum absolute atomic E-state index is 0.182. The second-order valence-corrected chi connectivity index (χ2v) is 5.88. The van der Waals surface area contributed by atoms with Crippen LogP contribution in [-0.2, 0) is 0 Å². The normalized spacial score (nSPS) is 29.9. The molecule has 1 aliphatic carbocycles. The van der Waals surface area contributed by atoms with E-state index < -0.39 is 0 Å². The van der Waals surface area contributed by atoms with Crippen molar-refractivity contribution in [3.63, 3.8) is 0 Å². The predicted octanol–water partition coefficient (Wildman–Crippen LogP) is 3.23. The van der Waals surface area contributed by atoms with Crippen LogP contribution in [0.15, 0.2) is 12.2 Å². The summed E-state index contributed by atoms with van der Waals surface area (Å²) < 4.78 is 0. The maximum Gasteiger partial charge on any atom is 0.0307 e. The maximum atomic E-state index is 6.02. The Bertz CT molecular complexity index is 237. The molecule has 100 valence electrons. The molecule has 2 atom stereocenters. The van der Waals surface area contributed by atoms with Crippen LogP contribution < -0.4 is 11.1 Å². The van der Waals surface area contributed by atoms with Crippen molar-refractivity contribution >= 4 is 0 Å². The molecule has 1 aliphatic rings. The van der Waals surface area contributed by atoms with Crippen LogP contribution in [0.5, 0.6) is 0 Å². The fourth-order valence-corrected chi connectivity index (χ4v) is 2.97. The highest BCUT2D eigenvalue weighted by molar-refractivity contribution is 4.98. The molecule has 0 spiro atoms. The van der Waals surface area contributed by atoms with E-state index in [0.717, 1.165) is 19.0 Å². The lowest BCUT2D eigenvalue weighted by Gasteiger charge is -2.33. The molecule has 0 amide bonds. The molecule has 17 heavy (non-hydrogen) atoms. The molecule has 0 saturated heterocycles. The van der Waals surface area contributed by atoms with Crippen molar-refractivity contribution in [1.29, 1.82) is 0 Å². The monoisotopic (exact) mass is 238 g/mol. The molecule has 2 unspecified atom stereocenters. The van der Waals surface area contributed by atoms with Crippen molar-refractivity contribution in [2.75, 3.05) is 13.1 Å². The van der Waals surface area contributed by atoms with Crippen molar-refractivity contribution in [1.82, 2.24) is 5.32 Å². The van der Waals surface area contributed by atoms with Crippen LogP contribution in [0.1, 0.15) is 58.8 Å². The first kappa shape index (κ1) is 14.7. The average Bonchev–Trinajstić information content (AvgIpc) is 2.51. The molecule has 0 aromatic heterocycles. The summed E-state index contributed by atoms with van der Waals surface area (Å²) in [5.74, 6) is 0.931. The lowest BCUT2D eigenvalue weighted by molar-refractivity contribution is 0.295. The number of hydrogen-bond acceptors (Lipinski definition) is 2. The molecule has 1 rings (SSSR count). The molecule has 3 N–H and O–H groups in total. The third-order valence-electron chi connectivity index (χ3n) is 4.15. The van der Waals surface area contributed by atoms with Crippen LogP contribution in [-0.4, -0.2) is 18.6 Å². The standard InChI is InChI=1S/C15H30N2/c1-4-6-14-7-5-9-15(12-16,10-8-14)17-11-13(2)3/h14,17H,2,4-12,16H2,1,3H3. The van der Waals surface area contributed by atoms with Gasteiger partial charge in [-0.2, -0.15) is 0 Å². The molecule has 1 fully saturated rings. The van der Waals surface area contributed by atoms with Gasteiger partial charge in [-0.25, -0.2) is 0 Å². The lowest BCUT2D eigenvalue weighted by Crippen LogP contribution is -2.51. The smallest absolute Gasteiger partial charge is 0.0307 e. The van der Waals surface area contributed by atoms with Crippen LogP contribution in [0.25, 0.3) is 0 Å². The van der Waals surface area contributed by atoms with Crippen molar-refractivity contribution in [2.24, 2.45) is 11.7 Å². The minimum atomic E-state index is 0.182. The van der Waals surface area contributed by atoms with E-state index in [1.54, 1.807) is 0 Å². The predicted molar refractivity (Wildman–Crippen MR) is 76.1 cm³/mol. The summed E-state index contributed by atoms with van der Waals surface area (Å²) >= 11 is 0. The van der Waals surface area contributed by atoms with Gasteiger partial charge in [0.15, 0.2) is 0 Å². The molecule has 2 nitrogen and oxygen atoms in total. The summed E-state index contributed by atoms with van der Waals surface area (Å²) in [7, 11) is 0. The van der Waals surface area contributed by atoms with Gasteiger partial charge < -0.3 is 11.1 Å². The Balaban J connectivity index is 2.51. The number of nitrogens with one attached hydrogen (secondary N) is 1. The number of rotatable bonds is 6. The van der Waals surface area contributed by atoms with E-state index in [1.807, 2.05) is 0 Å². The van der Waals surface area contributed by atoms with Gasteiger partial charge in [0, 0.05) is 18.6 Å². The molecular formula is C15H30N2. The van der Waals surface area contributed by atoms with Crippen molar-refractivity contribution in [3.05, 3.63) is 12.2 Å². The van der Waals surface area contributed by atoms with Crippen LogP contribution in [0.4, 0.5) is 0 Å². The summed E-state index contributed by atoms with van der Waals surface area (Å²) in [6.07, 6.45) is 9.24. The van der Waals surface area contributed by atoms with Crippen molar-refractivity contribution in [3.8, 4) is 0 Å². The Kier molecular flexibility index (Phi) is 6.21. The van der Waals surface area contributed by atoms with Gasteiger partial charge in [-0.15, -0.1) is 0 Å². The molecule has 0 aliphatic heterocycles. The summed E-state index contributed by atoms with van der Waals surface area (Å²) in [4.78, 5) is 0. The molecule has 2 heteroatoms. The topological polar surface area (TPSA) is 38.0 Å². The quantitative estimate of drug-likeness (QED) is 0.551. The second-order valence-electron chi connectivity index (χ2n) is 5.88. The zero-order valence-electron chi connectivity index (χ0n) is 11.7. The van der Waals surface area contributed by atoms with Gasteiger partial charge in [0.05, 0.1) is 0 Å². The molecule has 0 aromatic carbocycles. The van der Waals surface area contributed by atoms with Gasteiger partial charge in [0.1, 0.15) is 0 Å². The third-order valence-corrected chi connectivity index (χ3v) is 4.15. The zero-order valence-corrected chi connectivity index (χ0v) is 11.7. The second kappa shape index (κ2) is 7.17. The van der Waals surface area contributed by atoms with E-state index in [0.29, 0.717) is 0 Å². The number of hydrogen-bond donors (Lipinski definition) is 2. The Morgan fingerprint density at radius 1 is 1.41 bits per heavy atom. The Morgan fingerprint density at radius 3 is 2.76 bits per heavy atom.